The molecule has 1 aromatic rings. The van der Waals surface area contributed by atoms with Crippen LogP contribution in [-0.2, 0) is 10.2 Å². The molecule has 0 aliphatic carbocycles. The van der Waals surface area contributed by atoms with Crippen LogP contribution in [-0.4, -0.2) is 5.97 Å². The summed E-state index contributed by atoms with van der Waals surface area (Å²) in [5.74, 6) is 0.370. The van der Waals surface area contributed by atoms with Crippen LogP contribution in [0.25, 0.3) is 0 Å². The number of esters is 1. The predicted molar refractivity (Wildman–Crippen MR) is 70.5 cm³/mol. The van der Waals surface area contributed by atoms with Gasteiger partial charge in [0, 0.05) is 6.92 Å². The molecule has 0 aliphatic heterocycles. The predicted octanol–water partition coefficient (Wildman–Crippen LogP) is 3.92. The van der Waals surface area contributed by atoms with Crippen molar-refractivity contribution >= 4 is 5.97 Å². The Morgan fingerprint density at radius 1 is 1.24 bits per heavy atom. The maximum absolute atomic E-state index is 11.0. The molecule has 0 fully saturated rings. The zero-order chi connectivity index (χ0) is 13.2. The fourth-order valence-electron chi connectivity index (χ4n) is 2.39. The molecule has 17 heavy (non-hydrogen) atoms. The van der Waals surface area contributed by atoms with Crippen LogP contribution in [0.5, 0.6) is 5.75 Å². The van der Waals surface area contributed by atoms with E-state index in [9.17, 15) is 4.79 Å². The van der Waals surface area contributed by atoms with E-state index >= 15 is 0 Å². The van der Waals surface area contributed by atoms with Gasteiger partial charge in [-0.15, -0.1) is 0 Å². The van der Waals surface area contributed by atoms with Gasteiger partial charge in [0.2, 0.25) is 0 Å². The maximum atomic E-state index is 11.0. The van der Waals surface area contributed by atoms with Crippen LogP contribution in [0.2, 0.25) is 0 Å². The number of aryl methyl sites for hydroxylation is 2. The van der Waals surface area contributed by atoms with Crippen molar-refractivity contribution in [3.8, 4) is 5.75 Å². The molecule has 0 saturated carbocycles. The molecule has 0 spiro atoms. The van der Waals surface area contributed by atoms with Crippen molar-refractivity contribution in [2.75, 3.05) is 0 Å². The summed E-state index contributed by atoms with van der Waals surface area (Å²) in [7, 11) is 0. The minimum absolute atomic E-state index is 0.156. The van der Waals surface area contributed by atoms with Crippen molar-refractivity contribution in [2.24, 2.45) is 0 Å². The molecule has 0 aliphatic rings. The molecule has 0 heterocycles. The highest BCUT2D eigenvalue weighted by molar-refractivity contribution is 5.69. The average molecular weight is 234 g/mol. The number of carbonyl (C=O) groups is 1. The van der Waals surface area contributed by atoms with Gasteiger partial charge in [0.1, 0.15) is 5.75 Å². The summed E-state index contributed by atoms with van der Waals surface area (Å²) in [6.07, 6.45) is 1.08. The lowest BCUT2D eigenvalue weighted by molar-refractivity contribution is -0.131. The van der Waals surface area contributed by atoms with Crippen LogP contribution in [0, 0.1) is 13.8 Å². The lowest BCUT2D eigenvalue weighted by Crippen LogP contribution is -2.19. The number of rotatable bonds is 3. The van der Waals surface area contributed by atoms with E-state index in [1.54, 1.807) is 0 Å². The van der Waals surface area contributed by atoms with Crippen molar-refractivity contribution < 1.29 is 9.53 Å². The van der Waals surface area contributed by atoms with Crippen LogP contribution in [0.15, 0.2) is 12.1 Å². The second-order valence-corrected chi connectivity index (χ2v) is 5.26. The lowest BCUT2D eigenvalue weighted by Gasteiger charge is -2.28. The largest absolute Gasteiger partial charge is 0.427 e. The topological polar surface area (TPSA) is 26.3 Å². The van der Waals surface area contributed by atoms with Gasteiger partial charge in [-0.3, -0.25) is 4.79 Å². The lowest BCUT2D eigenvalue weighted by atomic mass is 9.77. The molecule has 0 unspecified atom stereocenters. The van der Waals surface area contributed by atoms with E-state index in [1.807, 2.05) is 12.1 Å². The minimum Gasteiger partial charge on any atom is -0.427 e. The third kappa shape index (κ3) is 3.09. The zero-order valence-corrected chi connectivity index (χ0v) is 11.7. The summed E-state index contributed by atoms with van der Waals surface area (Å²) in [6, 6.07) is 3.89. The van der Waals surface area contributed by atoms with E-state index in [1.165, 1.54) is 23.6 Å². The molecular formula is C15H22O2. The standard InChI is InChI=1S/C15H22O2/c1-7-15(5,6)14-10(2)8-13(9-11(14)3)17-12(4)16/h8-9H,7H2,1-6H3. The molecule has 1 rings (SSSR count). The first kappa shape index (κ1) is 13.8. The van der Waals surface area contributed by atoms with Gasteiger partial charge in [0.05, 0.1) is 0 Å². The second kappa shape index (κ2) is 4.91. The van der Waals surface area contributed by atoms with Gasteiger partial charge in [0.15, 0.2) is 0 Å². The van der Waals surface area contributed by atoms with E-state index in [0.717, 1.165) is 6.42 Å². The minimum atomic E-state index is -0.272. The maximum Gasteiger partial charge on any atom is 0.308 e. The molecule has 0 aromatic heterocycles. The molecule has 0 radical (unpaired) electrons. The molecule has 0 atom stereocenters. The number of carbonyl (C=O) groups excluding carboxylic acids is 1. The number of benzene rings is 1. The molecule has 94 valence electrons. The number of ether oxygens (including phenoxy) is 1. The van der Waals surface area contributed by atoms with Gasteiger partial charge in [-0.1, -0.05) is 20.8 Å². The summed E-state index contributed by atoms with van der Waals surface area (Å²) >= 11 is 0. The Bertz CT molecular complexity index is 408. The third-order valence-electron chi connectivity index (χ3n) is 3.33. The quantitative estimate of drug-likeness (QED) is 0.585. The summed E-state index contributed by atoms with van der Waals surface area (Å²) < 4.78 is 5.14. The molecule has 1 aromatic carbocycles. The van der Waals surface area contributed by atoms with Crippen molar-refractivity contribution in [3.63, 3.8) is 0 Å². The molecule has 0 amide bonds. The Morgan fingerprint density at radius 3 is 2.06 bits per heavy atom. The summed E-state index contributed by atoms with van der Waals surface area (Å²) in [5, 5.41) is 0. The van der Waals surface area contributed by atoms with Gasteiger partial charge < -0.3 is 4.74 Å². The van der Waals surface area contributed by atoms with E-state index in [0.29, 0.717) is 5.75 Å². The van der Waals surface area contributed by atoms with Crippen molar-refractivity contribution in [1.82, 2.24) is 0 Å². The van der Waals surface area contributed by atoms with Gasteiger partial charge in [-0.25, -0.2) is 0 Å². The normalized spacial score (nSPS) is 11.4. The smallest absolute Gasteiger partial charge is 0.308 e. The van der Waals surface area contributed by atoms with Gasteiger partial charge in [-0.05, 0) is 54.5 Å². The van der Waals surface area contributed by atoms with Crippen molar-refractivity contribution in [3.05, 3.63) is 28.8 Å². The molecule has 0 N–H and O–H groups in total. The van der Waals surface area contributed by atoms with Crippen molar-refractivity contribution in [2.45, 2.75) is 53.4 Å². The molecule has 2 nitrogen and oxygen atoms in total. The van der Waals surface area contributed by atoms with Gasteiger partial charge in [0.25, 0.3) is 0 Å². The first-order chi connectivity index (χ1) is 7.77. The van der Waals surface area contributed by atoms with Crippen molar-refractivity contribution in [1.29, 1.82) is 0 Å². The van der Waals surface area contributed by atoms with Gasteiger partial charge >= 0.3 is 5.97 Å². The fourth-order valence-corrected chi connectivity index (χ4v) is 2.39. The number of hydrogen-bond donors (Lipinski definition) is 0. The molecule has 0 bridgehead atoms. The van der Waals surface area contributed by atoms with Crippen LogP contribution in [0.4, 0.5) is 0 Å². The molecular weight excluding hydrogens is 212 g/mol. The Kier molecular flexibility index (Phi) is 3.97. The monoisotopic (exact) mass is 234 g/mol. The Labute approximate surface area is 104 Å². The Balaban J connectivity index is 3.24. The van der Waals surface area contributed by atoms with E-state index in [-0.39, 0.29) is 11.4 Å². The molecule has 0 saturated heterocycles. The highest BCUT2D eigenvalue weighted by Gasteiger charge is 2.23. The first-order valence-electron chi connectivity index (χ1n) is 6.08. The SMILES string of the molecule is CCC(C)(C)c1c(C)cc(OC(C)=O)cc1C. The summed E-state index contributed by atoms with van der Waals surface area (Å²) in [6.45, 7) is 12.3. The van der Waals surface area contributed by atoms with E-state index < -0.39 is 0 Å². The summed E-state index contributed by atoms with van der Waals surface area (Å²) in [5.41, 5.74) is 3.89. The van der Waals surface area contributed by atoms with Crippen LogP contribution in [0.1, 0.15) is 50.8 Å². The average Bonchev–Trinajstić information content (AvgIpc) is 2.14. The molecule has 2 heteroatoms. The van der Waals surface area contributed by atoms with Crippen LogP contribution < -0.4 is 4.74 Å². The highest BCUT2D eigenvalue weighted by atomic mass is 16.5. The third-order valence-corrected chi connectivity index (χ3v) is 3.33. The fraction of sp³-hybridized carbons (Fsp3) is 0.533. The van der Waals surface area contributed by atoms with Crippen LogP contribution in [0.3, 0.4) is 0 Å². The van der Waals surface area contributed by atoms with E-state index in [4.69, 9.17) is 4.74 Å². The zero-order valence-electron chi connectivity index (χ0n) is 11.7. The van der Waals surface area contributed by atoms with E-state index in [2.05, 4.69) is 34.6 Å². The second-order valence-electron chi connectivity index (χ2n) is 5.26. The van der Waals surface area contributed by atoms with Gasteiger partial charge in [-0.2, -0.15) is 0 Å². The van der Waals surface area contributed by atoms with Crippen LogP contribution >= 0.6 is 0 Å². The highest BCUT2D eigenvalue weighted by Crippen LogP contribution is 2.34. The summed E-state index contributed by atoms with van der Waals surface area (Å²) in [4.78, 5) is 11.0. The Morgan fingerprint density at radius 2 is 1.71 bits per heavy atom. The first-order valence-corrected chi connectivity index (χ1v) is 6.08. The Hall–Kier alpha value is -1.31. The number of hydrogen-bond acceptors (Lipinski definition) is 2.